The standard InChI is InChI=1S/C22H27N3O5/c1-27-17-7-4-6-15(10-17)21(26)25-22(23-14-18-8-5-9-30-18)24-16-11-19(28-2)13-20(12-16)29-3/h4,6-7,10-13,18H,5,8-9,14H2,1-3H3,(H2,23,24,25,26). The summed E-state index contributed by atoms with van der Waals surface area (Å²) < 4.78 is 21.5. The smallest absolute Gasteiger partial charge is 0.258 e. The van der Waals surface area contributed by atoms with Crippen LogP contribution in [0.5, 0.6) is 17.2 Å². The molecule has 0 radical (unpaired) electrons. The topological polar surface area (TPSA) is 90.4 Å². The highest BCUT2D eigenvalue weighted by atomic mass is 16.5. The number of hydrogen-bond acceptors (Lipinski definition) is 6. The number of anilines is 1. The maximum Gasteiger partial charge on any atom is 0.258 e. The summed E-state index contributed by atoms with van der Waals surface area (Å²) in [5.74, 6) is 1.85. The summed E-state index contributed by atoms with van der Waals surface area (Å²) in [6.45, 7) is 1.19. The highest BCUT2D eigenvalue weighted by molar-refractivity contribution is 6.10. The van der Waals surface area contributed by atoms with Crippen LogP contribution in [0, 0.1) is 0 Å². The van der Waals surface area contributed by atoms with Gasteiger partial charge >= 0.3 is 0 Å². The summed E-state index contributed by atoms with van der Waals surface area (Å²) in [5, 5.41) is 5.99. The van der Waals surface area contributed by atoms with Crippen LogP contribution in [0.25, 0.3) is 0 Å². The minimum atomic E-state index is -0.303. The number of ether oxygens (including phenoxy) is 4. The first-order valence-electron chi connectivity index (χ1n) is 9.73. The molecular formula is C22H27N3O5. The summed E-state index contributed by atoms with van der Waals surface area (Å²) in [5.41, 5.74) is 1.13. The van der Waals surface area contributed by atoms with E-state index in [4.69, 9.17) is 18.9 Å². The minimum Gasteiger partial charge on any atom is -0.497 e. The number of nitrogens with zero attached hydrogens (tertiary/aromatic N) is 1. The van der Waals surface area contributed by atoms with E-state index in [1.54, 1.807) is 63.8 Å². The third-order valence-corrected chi connectivity index (χ3v) is 4.66. The number of carbonyl (C=O) groups is 1. The largest absolute Gasteiger partial charge is 0.497 e. The molecule has 1 aliphatic rings. The first-order chi connectivity index (χ1) is 14.6. The van der Waals surface area contributed by atoms with Crippen LogP contribution in [0.15, 0.2) is 47.5 Å². The van der Waals surface area contributed by atoms with E-state index < -0.39 is 0 Å². The SMILES string of the molecule is COc1cc(NC(=NCC2CCCO2)NC(=O)c2cccc(OC)c2)cc(OC)c1. The van der Waals surface area contributed by atoms with Crippen molar-refractivity contribution in [3.8, 4) is 17.2 Å². The van der Waals surface area contributed by atoms with Crippen molar-refractivity contribution in [1.29, 1.82) is 0 Å². The van der Waals surface area contributed by atoms with Gasteiger partial charge < -0.3 is 24.3 Å². The summed E-state index contributed by atoms with van der Waals surface area (Å²) in [6, 6.07) is 12.3. The summed E-state index contributed by atoms with van der Waals surface area (Å²) in [7, 11) is 4.72. The number of rotatable bonds is 7. The van der Waals surface area contributed by atoms with Crippen molar-refractivity contribution in [2.45, 2.75) is 18.9 Å². The molecular weight excluding hydrogens is 386 g/mol. The van der Waals surface area contributed by atoms with Crippen LogP contribution in [0.4, 0.5) is 5.69 Å². The molecule has 2 N–H and O–H groups in total. The second-order valence-corrected chi connectivity index (χ2v) is 6.74. The maximum atomic E-state index is 12.8. The fourth-order valence-corrected chi connectivity index (χ4v) is 3.05. The van der Waals surface area contributed by atoms with Crippen LogP contribution in [-0.2, 0) is 4.74 Å². The molecule has 0 aromatic heterocycles. The lowest BCUT2D eigenvalue weighted by molar-refractivity contribution is 0.0975. The van der Waals surface area contributed by atoms with Gasteiger partial charge in [-0.1, -0.05) is 6.07 Å². The Kier molecular flexibility index (Phi) is 7.51. The number of nitrogens with one attached hydrogen (secondary N) is 2. The van der Waals surface area contributed by atoms with Gasteiger partial charge in [-0.25, -0.2) is 4.99 Å². The molecule has 1 heterocycles. The van der Waals surface area contributed by atoms with Gasteiger partial charge in [0.25, 0.3) is 5.91 Å². The van der Waals surface area contributed by atoms with Crippen molar-refractivity contribution in [2.75, 3.05) is 39.8 Å². The van der Waals surface area contributed by atoms with Gasteiger partial charge in [0.2, 0.25) is 5.96 Å². The Morgan fingerprint density at radius 2 is 1.80 bits per heavy atom. The Labute approximate surface area is 176 Å². The lowest BCUT2D eigenvalue weighted by atomic mass is 10.2. The summed E-state index contributed by atoms with van der Waals surface area (Å²) >= 11 is 0. The van der Waals surface area contributed by atoms with E-state index in [2.05, 4.69) is 15.6 Å². The van der Waals surface area contributed by atoms with Crippen LogP contribution in [0.3, 0.4) is 0 Å². The Hall–Kier alpha value is -3.26. The normalized spacial score (nSPS) is 16.1. The molecule has 3 rings (SSSR count). The Morgan fingerprint density at radius 3 is 2.43 bits per heavy atom. The number of methoxy groups -OCH3 is 3. The number of aliphatic imine (C=N–C) groups is 1. The van der Waals surface area contributed by atoms with Gasteiger partial charge in [0.15, 0.2) is 0 Å². The Morgan fingerprint density at radius 1 is 1.07 bits per heavy atom. The van der Waals surface area contributed by atoms with Crippen LogP contribution in [-0.4, -0.2) is 52.5 Å². The molecule has 2 aromatic carbocycles. The predicted molar refractivity (Wildman–Crippen MR) is 115 cm³/mol. The van der Waals surface area contributed by atoms with Gasteiger partial charge in [0.05, 0.1) is 34.0 Å². The van der Waals surface area contributed by atoms with Crippen molar-refractivity contribution in [3.05, 3.63) is 48.0 Å². The fourth-order valence-electron chi connectivity index (χ4n) is 3.05. The third kappa shape index (κ3) is 5.87. The van der Waals surface area contributed by atoms with Gasteiger partial charge in [-0.15, -0.1) is 0 Å². The molecule has 0 bridgehead atoms. The predicted octanol–water partition coefficient (Wildman–Crippen LogP) is 3.09. The summed E-state index contributed by atoms with van der Waals surface area (Å²) in [6.07, 6.45) is 2.02. The molecule has 8 heteroatoms. The van der Waals surface area contributed by atoms with Crippen molar-refractivity contribution in [2.24, 2.45) is 4.99 Å². The fraction of sp³-hybridized carbons (Fsp3) is 0.364. The zero-order valence-electron chi connectivity index (χ0n) is 17.4. The van der Waals surface area contributed by atoms with E-state index in [1.165, 1.54) is 0 Å². The molecule has 2 aromatic rings. The molecule has 1 atom stereocenters. The highest BCUT2D eigenvalue weighted by Crippen LogP contribution is 2.25. The van der Waals surface area contributed by atoms with Gasteiger partial charge in [0, 0.05) is 36.1 Å². The van der Waals surface area contributed by atoms with Crippen molar-refractivity contribution in [1.82, 2.24) is 5.32 Å². The maximum absolute atomic E-state index is 12.8. The first kappa shape index (κ1) is 21.4. The minimum absolute atomic E-state index is 0.0513. The molecule has 30 heavy (non-hydrogen) atoms. The zero-order valence-corrected chi connectivity index (χ0v) is 17.4. The van der Waals surface area contributed by atoms with E-state index in [1.807, 2.05) is 0 Å². The van der Waals surface area contributed by atoms with Gasteiger partial charge in [0.1, 0.15) is 17.2 Å². The average Bonchev–Trinajstić information content (AvgIpc) is 3.30. The first-order valence-corrected chi connectivity index (χ1v) is 9.73. The van der Waals surface area contributed by atoms with Crippen molar-refractivity contribution < 1.29 is 23.7 Å². The second kappa shape index (κ2) is 10.5. The number of carbonyl (C=O) groups excluding carboxylic acids is 1. The molecule has 1 unspecified atom stereocenters. The third-order valence-electron chi connectivity index (χ3n) is 4.66. The molecule has 0 spiro atoms. The molecule has 1 amide bonds. The number of benzene rings is 2. The van der Waals surface area contributed by atoms with Crippen LogP contribution < -0.4 is 24.8 Å². The molecule has 8 nitrogen and oxygen atoms in total. The number of hydrogen-bond donors (Lipinski definition) is 2. The van der Waals surface area contributed by atoms with Crippen molar-refractivity contribution >= 4 is 17.6 Å². The van der Waals surface area contributed by atoms with E-state index in [0.29, 0.717) is 41.0 Å². The molecule has 1 saturated heterocycles. The zero-order chi connectivity index (χ0) is 21.3. The van der Waals surface area contributed by atoms with Gasteiger partial charge in [-0.3, -0.25) is 10.1 Å². The molecule has 1 aliphatic heterocycles. The summed E-state index contributed by atoms with van der Waals surface area (Å²) in [4.78, 5) is 17.3. The van der Waals surface area contributed by atoms with Crippen LogP contribution in [0.1, 0.15) is 23.2 Å². The molecule has 1 fully saturated rings. The van der Waals surface area contributed by atoms with Crippen LogP contribution in [0.2, 0.25) is 0 Å². The van der Waals surface area contributed by atoms with Crippen LogP contribution >= 0.6 is 0 Å². The van der Waals surface area contributed by atoms with E-state index in [0.717, 1.165) is 19.4 Å². The lowest BCUT2D eigenvalue weighted by Crippen LogP contribution is -2.36. The quantitative estimate of drug-likeness (QED) is 0.536. The lowest BCUT2D eigenvalue weighted by Gasteiger charge is -2.15. The second-order valence-electron chi connectivity index (χ2n) is 6.74. The van der Waals surface area contributed by atoms with E-state index in [-0.39, 0.29) is 12.0 Å². The van der Waals surface area contributed by atoms with E-state index >= 15 is 0 Å². The molecule has 0 saturated carbocycles. The highest BCUT2D eigenvalue weighted by Gasteiger charge is 2.16. The van der Waals surface area contributed by atoms with E-state index in [9.17, 15) is 4.79 Å². The Bertz CT molecular complexity index is 872. The van der Waals surface area contributed by atoms with Crippen molar-refractivity contribution in [3.63, 3.8) is 0 Å². The number of guanidine groups is 1. The Balaban J connectivity index is 1.81. The average molecular weight is 413 g/mol. The monoisotopic (exact) mass is 413 g/mol. The number of amides is 1. The van der Waals surface area contributed by atoms with Gasteiger partial charge in [-0.2, -0.15) is 0 Å². The molecule has 160 valence electrons. The molecule has 0 aliphatic carbocycles. The van der Waals surface area contributed by atoms with Gasteiger partial charge in [-0.05, 0) is 31.0 Å².